The van der Waals surface area contributed by atoms with E-state index in [-0.39, 0.29) is 11.6 Å². The third-order valence-electron chi connectivity index (χ3n) is 3.16. The number of hydrogen-bond acceptors (Lipinski definition) is 3. The van der Waals surface area contributed by atoms with Gasteiger partial charge >= 0.3 is 6.03 Å². The number of fused-ring (bicyclic) bond motifs is 1. The zero-order chi connectivity index (χ0) is 15.5. The Bertz CT molecular complexity index is 861. The van der Waals surface area contributed by atoms with Gasteiger partial charge in [-0.25, -0.2) is 9.78 Å². The molecule has 0 saturated carbocycles. The van der Waals surface area contributed by atoms with Crippen LogP contribution in [0.2, 0.25) is 0 Å². The third kappa shape index (κ3) is 2.83. The van der Waals surface area contributed by atoms with Crippen LogP contribution in [0.25, 0.3) is 16.8 Å². The van der Waals surface area contributed by atoms with Crippen LogP contribution in [0.1, 0.15) is 6.92 Å². The van der Waals surface area contributed by atoms with Crippen molar-refractivity contribution in [3.05, 3.63) is 53.2 Å². The Kier molecular flexibility index (Phi) is 3.61. The van der Waals surface area contributed by atoms with Crippen LogP contribution in [0, 0.1) is 0 Å². The lowest BCUT2D eigenvalue weighted by Crippen LogP contribution is -2.28. The summed E-state index contributed by atoms with van der Waals surface area (Å²) in [5.41, 5.74) is 2.39. The fraction of sp³-hybridized carbons (Fsp3) is 0.133. The fourth-order valence-corrected chi connectivity index (χ4v) is 2.13. The zero-order valence-corrected chi connectivity index (χ0v) is 12.0. The second-order valence-electron chi connectivity index (χ2n) is 4.73. The first-order valence-corrected chi connectivity index (χ1v) is 6.88. The molecular weight excluding hydrogens is 282 g/mol. The van der Waals surface area contributed by atoms with Crippen molar-refractivity contribution in [1.29, 1.82) is 0 Å². The van der Waals surface area contributed by atoms with Crippen LogP contribution >= 0.6 is 0 Å². The minimum atomic E-state index is -0.285. The number of aromatic nitrogens is 3. The molecule has 0 atom stereocenters. The summed E-state index contributed by atoms with van der Waals surface area (Å²) in [6.07, 6.45) is 5.25. The Hall–Kier alpha value is -3.09. The summed E-state index contributed by atoms with van der Waals surface area (Å²) < 4.78 is 1.82. The van der Waals surface area contributed by atoms with Gasteiger partial charge in [-0.1, -0.05) is 0 Å². The molecule has 0 saturated heterocycles. The molecule has 0 aliphatic heterocycles. The van der Waals surface area contributed by atoms with E-state index >= 15 is 0 Å². The Morgan fingerprint density at radius 1 is 1.32 bits per heavy atom. The molecule has 3 N–H and O–H groups in total. The predicted octanol–water partition coefficient (Wildman–Crippen LogP) is 1.83. The molecule has 0 spiro atoms. The van der Waals surface area contributed by atoms with Gasteiger partial charge in [-0.05, 0) is 36.2 Å². The highest BCUT2D eigenvalue weighted by Crippen LogP contribution is 2.20. The number of hydrogen-bond donors (Lipinski definition) is 3. The molecule has 7 nitrogen and oxygen atoms in total. The highest BCUT2D eigenvalue weighted by molar-refractivity contribution is 5.88. The molecule has 0 fully saturated rings. The third-order valence-corrected chi connectivity index (χ3v) is 3.16. The van der Waals surface area contributed by atoms with Crippen LogP contribution in [0.5, 0.6) is 0 Å². The minimum absolute atomic E-state index is 0.140. The summed E-state index contributed by atoms with van der Waals surface area (Å²) in [6.45, 7) is 2.40. The maximum Gasteiger partial charge on any atom is 0.320 e. The molecule has 3 aromatic rings. The number of aromatic amines is 1. The first-order valence-electron chi connectivity index (χ1n) is 6.88. The number of rotatable bonds is 3. The van der Waals surface area contributed by atoms with Crippen LogP contribution in [0.4, 0.5) is 10.6 Å². The molecule has 0 aliphatic rings. The van der Waals surface area contributed by atoms with Crippen molar-refractivity contribution in [3.8, 4) is 11.1 Å². The average Bonchev–Trinajstić information content (AvgIpc) is 2.89. The van der Waals surface area contributed by atoms with Crippen molar-refractivity contribution in [3.63, 3.8) is 0 Å². The summed E-state index contributed by atoms with van der Waals surface area (Å²) in [7, 11) is 0. The molecule has 0 bridgehead atoms. The van der Waals surface area contributed by atoms with E-state index in [1.807, 2.05) is 29.7 Å². The maximum atomic E-state index is 11.5. The number of nitrogens with one attached hydrogen (secondary N) is 3. The van der Waals surface area contributed by atoms with E-state index in [9.17, 15) is 9.59 Å². The van der Waals surface area contributed by atoms with Crippen molar-refractivity contribution < 1.29 is 4.79 Å². The minimum Gasteiger partial charge on any atom is -0.338 e. The lowest BCUT2D eigenvalue weighted by atomic mass is 10.1. The summed E-state index contributed by atoms with van der Waals surface area (Å²) in [4.78, 5) is 29.6. The van der Waals surface area contributed by atoms with Gasteiger partial charge in [-0.15, -0.1) is 0 Å². The number of amides is 2. The number of urea groups is 1. The Morgan fingerprint density at radius 2 is 2.18 bits per heavy atom. The number of imidazole rings is 1. The van der Waals surface area contributed by atoms with Crippen molar-refractivity contribution in [2.45, 2.75) is 6.92 Å². The molecule has 0 aliphatic carbocycles. The first-order chi connectivity index (χ1) is 10.7. The van der Waals surface area contributed by atoms with Gasteiger partial charge in [0.25, 0.3) is 0 Å². The summed E-state index contributed by atoms with van der Waals surface area (Å²) in [5, 5.41) is 5.32. The molecule has 112 valence electrons. The fourth-order valence-electron chi connectivity index (χ4n) is 2.13. The van der Waals surface area contributed by atoms with Crippen LogP contribution in [0.15, 0.2) is 47.7 Å². The average molecular weight is 297 g/mol. The quantitative estimate of drug-likeness (QED) is 0.688. The molecule has 2 amide bonds. The molecular formula is C15H15N5O2. The summed E-state index contributed by atoms with van der Waals surface area (Å²) >= 11 is 0. The van der Waals surface area contributed by atoms with Gasteiger partial charge in [-0.2, -0.15) is 0 Å². The van der Waals surface area contributed by atoms with Crippen molar-refractivity contribution in [2.75, 3.05) is 11.9 Å². The number of anilines is 1. The first kappa shape index (κ1) is 13.9. The van der Waals surface area contributed by atoms with Crippen LogP contribution in [-0.4, -0.2) is 26.9 Å². The van der Waals surface area contributed by atoms with E-state index in [1.165, 1.54) is 6.07 Å². The summed E-state index contributed by atoms with van der Waals surface area (Å²) in [5.74, 6) is 0.476. The van der Waals surface area contributed by atoms with Crippen LogP contribution < -0.4 is 16.2 Å². The lowest BCUT2D eigenvalue weighted by molar-refractivity contribution is 0.252. The van der Waals surface area contributed by atoms with E-state index in [1.54, 1.807) is 18.5 Å². The zero-order valence-electron chi connectivity index (χ0n) is 12.0. The Morgan fingerprint density at radius 3 is 2.91 bits per heavy atom. The number of H-pyrrole nitrogens is 1. The summed E-state index contributed by atoms with van der Waals surface area (Å²) in [6, 6.07) is 6.75. The van der Waals surface area contributed by atoms with Gasteiger partial charge in [0.2, 0.25) is 5.56 Å². The van der Waals surface area contributed by atoms with Crippen molar-refractivity contribution in [2.24, 2.45) is 0 Å². The molecule has 0 radical (unpaired) electrons. The molecule has 3 rings (SSSR count). The van der Waals surface area contributed by atoms with Crippen molar-refractivity contribution in [1.82, 2.24) is 19.7 Å². The van der Waals surface area contributed by atoms with E-state index in [4.69, 9.17) is 0 Å². The normalized spacial score (nSPS) is 10.6. The highest BCUT2D eigenvalue weighted by Gasteiger charge is 2.06. The number of pyridine rings is 2. The molecule has 22 heavy (non-hydrogen) atoms. The van der Waals surface area contributed by atoms with E-state index in [0.29, 0.717) is 18.0 Å². The van der Waals surface area contributed by atoms with Crippen LogP contribution in [-0.2, 0) is 0 Å². The van der Waals surface area contributed by atoms with E-state index in [2.05, 4.69) is 20.6 Å². The standard InChI is InChI=1S/C15H15N5O2/c1-2-16-15(22)19-12-9-20-6-5-10(7-13(20)18-12)11-3-4-14(21)17-8-11/h3-9H,2H2,1H3,(H,17,21)(H2,16,19,22). The van der Waals surface area contributed by atoms with Gasteiger partial charge in [0.1, 0.15) is 5.65 Å². The molecule has 0 aromatic carbocycles. The van der Waals surface area contributed by atoms with Crippen molar-refractivity contribution >= 4 is 17.5 Å². The SMILES string of the molecule is CCNC(=O)Nc1cn2ccc(-c3ccc(=O)[nH]c3)cc2n1. The second-order valence-corrected chi connectivity index (χ2v) is 4.73. The molecule has 3 aromatic heterocycles. The smallest absolute Gasteiger partial charge is 0.320 e. The van der Waals surface area contributed by atoms with Gasteiger partial charge < -0.3 is 14.7 Å². The molecule has 0 unspecified atom stereocenters. The number of nitrogens with zero attached hydrogens (tertiary/aromatic N) is 2. The number of carbonyl (C=O) groups is 1. The largest absolute Gasteiger partial charge is 0.338 e. The second kappa shape index (κ2) is 5.72. The van der Waals surface area contributed by atoms with E-state index < -0.39 is 0 Å². The van der Waals surface area contributed by atoms with Gasteiger partial charge in [0.15, 0.2) is 5.82 Å². The maximum absolute atomic E-state index is 11.5. The Balaban J connectivity index is 1.91. The predicted molar refractivity (Wildman–Crippen MR) is 83.9 cm³/mol. The van der Waals surface area contributed by atoms with E-state index in [0.717, 1.165) is 11.1 Å². The topological polar surface area (TPSA) is 91.3 Å². The Labute approximate surface area is 126 Å². The van der Waals surface area contributed by atoms with Gasteiger partial charge in [0, 0.05) is 25.0 Å². The monoisotopic (exact) mass is 297 g/mol. The molecule has 7 heteroatoms. The van der Waals surface area contributed by atoms with Gasteiger partial charge in [-0.3, -0.25) is 10.1 Å². The van der Waals surface area contributed by atoms with Gasteiger partial charge in [0.05, 0.1) is 6.20 Å². The highest BCUT2D eigenvalue weighted by atomic mass is 16.2. The van der Waals surface area contributed by atoms with Crippen LogP contribution in [0.3, 0.4) is 0 Å². The number of carbonyl (C=O) groups excluding carboxylic acids is 1. The lowest BCUT2D eigenvalue weighted by Gasteiger charge is -2.01. The molecule has 3 heterocycles.